The van der Waals surface area contributed by atoms with E-state index >= 15 is 0 Å². The summed E-state index contributed by atoms with van der Waals surface area (Å²) < 4.78 is 29.0. The first-order chi connectivity index (χ1) is 16.4. The highest BCUT2D eigenvalue weighted by Crippen LogP contribution is 2.24. The second-order valence-corrected chi connectivity index (χ2v) is 11.4. The molecule has 8 heteroatoms. The Bertz CT molecular complexity index is 1210. The quantitative estimate of drug-likeness (QED) is 0.376. The normalized spacial score (nSPS) is 14.1. The predicted molar refractivity (Wildman–Crippen MR) is 143 cm³/mol. The van der Waals surface area contributed by atoms with Gasteiger partial charge >= 0.3 is 0 Å². The van der Waals surface area contributed by atoms with Gasteiger partial charge in [0.25, 0.3) is 10.0 Å². The van der Waals surface area contributed by atoms with E-state index in [-0.39, 0.29) is 17.3 Å². The molecule has 1 aliphatic heterocycles. The van der Waals surface area contributed by atoms with Gasteiger partial charge in [-0.15, -0.1) is 0 Å². The van der Waals surface area contributed by atoms with Gasteiger partial charge in [0.2, 0.25) is 5.91 Å². The summed E-state index contributed by atoms with van der Waals surface area (Å²) in [4.78, 5) is 15.5. The van der Waals surface area contributed by atoms with Crippen molar-refractivity contribution in [2.24, 2.45) is 0 Å². The Kier molecular flexibility index (Phi) is 8.23. The Morgan fingerprint density at radius 3 is 2.18 bits per heavy atom. The van der Waals surface area contributed by atoms with E-state index in [1.807, 2.05) is 30.3 Å². The molecule has 1 heterocycles. The zero-order chi connectivity index (χ0) is 24.0. The number of hydrogen-bond acceptors (Lipinski definition) is 4. The van der Waals surface area contributed by atoms with Crippen molar-refractivity contribution in [1.82, 2.24) is 10.2 Å². The maximum absolute atomic E-state index is 13.4. The summed E-state index contributed by atoms with van der Waals surface area (Å²) >= 11 is 2.17. The van der Waals surface area contributed by atoms with Gasteiger partial charge < -0.3 is 5.32 Å². The number of nitrogens with zero attached hydrogens (tertiary/aromatic N) is 2. The highest BCUT2D eigenvalue weighted by atomic mass is 127. The van der Waals surface area contributed by atoms with Crippen molar-refractivity contribution < 1.29 is 13.2 Å². The van der Waals surface area contributed by atoms with Crippen LogP contribution in [0.5, 0.6) is 0 Å². The van der Waals surface area contributed by atoms with E-state index in [1.165, 1.54) is 22.7 Å². The minimum atomic E-state index is -3.91. The highest BCUT2D eigenvalue weighted by molar-refractivity contribution is 14.1. The lowest BCUT2D eigenvalue weighted by atomic mass is 10.1. The number of benzene rings is 3. The maximum atomic E-state index is 13.4. The molecule has 1 N–H and O–H groups in total. The molecule has 1 aliphatic rings. The van der Waals surface area contributed by atoms with E-state index in [0.717, 1.165) is 28.8 Å². The summed E-state index contributed by atoms with van der Waals surface area (Å²) in [6.45, 7) is 3.12. The minimum Gasteiger partial charge on any atom is -0.350 e. The number of carbonyl (C=O) groups excluding carboxylic acids is 1. The molecule has 34 heavy (non-hydrogen) atoms. The van der Waals surface area contributed by atoms with Crippen LogP contribution in [-0.4, -0.2) is 38.9 Å². The van der Waals surface area contributed by atoms with Crippen LogP contribution in [0.25, 0.3) is 0 Å². The number of likely N-dealkylation sites (tertiary alicyclic amines) is 1. The number of sulfonamides is 1. The molecule has 0 radical (unpaired) electrons. The van der Waals surface area contributed by atoms with Crippen molar-refractivity contribution in [2.75, 3.05) is 23.9 Å². The highest BCUT2D eigenvalue weighted by Gasteiger charge is 2.27. The van der Waals surface area contributed by atoms with Crippen molar-refractivity contribution in [1.29, 1.82) is 0 Å². The lowest BCUT2D eigenvalue weighted by molar-refractivity contribution is -0.119. The molecule has 0 atom stereocenters. The lowest BCUT2D eigenvalue weighted by Crippen LogP contribution is -2.40. The Balaban J connectivity index is 1.50. The van der Waals surface area contributed by atoms with Gasteiger partial charge in [0, 0.05) is 16.7 Å². The molecule has 0 aromatic heterocycles. The SMILES string of the molecule is O=C(CN(c1ccc(I)cc1)S(=O)(=O)c1ccccc1)NCc1ccccc1CN1CCCC1. The van der Waals surface area contributed by atoms with Gasteiger partial charge in [-0.05, 0) is 96.0 Å². The fraction of sp³-hybridized carbons (Fsp3) is 0.269. The number of hydrogen-bond donors (Lipinski definition) is 1. The molecular formula is C26H28IN3O3S. The fourth-order valence-corrected chi connectivity index (χ4v) is 5.89. The minimum absolute atomic E-state index is 0.150. The van der Waals surface area contributed by atoms with Crippen LogP contribution in [0.3, 0.4) is 0 Å². The van der Waals surface area contributed by atoms with Gasteiger partial charge in [0.1, 0.15) is 6.54 Å². The fourth-order valence-electron chi connectivity index (χ4n) is 4.09. The Labute approximate surface area is 215 Å². The second-order valence-electron chi connectivity index (χ2n) is 8.33. The first-order valence-corrected chi connectivity index (χ1v) is 13.8. The zero-order valence-electron chi connectivity index (χ0n) is 18.9. The third-order valence-corrected chi connectivity index (χ3v) is 8.43. The monoisotopic (exact) mass is 589 g/mol. The average molecular weight is 589 g/mol. The molecule has 0 bridgehead atoms. The lowest BCUT2D eigenvalue weighted by Gasteiger charge is -2.24. The van der Waals surface area contributed by atoms with Crippen molar-refractivity contribution in [2.45, 2.75) is 30.8 Å². The molecule has 1 fully saturated rings. The van der Waals surface area contributed by atoms with Crippen LogP contribution in [0.15, 0.2) is 83.8 Å². The van der Waals surface area contributed by atoms with Gasteiger partial charge in [0.15, 0.2) is 0 Å². The van der Waals surface area contributed by atoms with Gasteiger partial charge in [-0.1, -0.05) is 42.5 Å². The predicted octanol–water partition coefficient (Wildman–Crippen LogP) is 4.40. The molecule has 3 aromatic rings. The largest absolute Gasteiger partial charge is 0.350 e. The summed E-state index contributed by atoms with van der Waals surface area (Å²) in [7, 11) is -3.91. The van der Waals surface area contributed by atoms with E-state index in [9.17, 15) is 13.2 Å². The van der Waals surface area contributed by atoms with Gasteiger partial charge in [-0.2, -0.15) is 0 Å². The zero-order valence-corrected chi connectivity index (χ0v) is 21.8. The number of nitrogens with one attached hydrogen (secondary N) is 1. The first-order valence-electron chi connectivity index (χ1n) is 11.3. The van der Waals surface area contributed by atoms with Crippen LogP contribution >= 0.6 is 22.6 Å². The van der Waals surface area contributed by atoms with Crippen LogP contribution in [0.2, 0.25) is 0 Å². The third kappa shape index (κ3) is 6.17. The summed E-state index contributed by atoms with van der Waals surface area (Å²) in [5, 5.41) is 2.93. The van der Waals surface area contributed by atoms with Crippen molar-refractivity contribution in [3.63, 3.8) is 0 Å². The third-order valence-electron chi connectivity index (χ3n) is 5.92. The van der Waals surface area contributed by atoms with Crippen LogP contribution in [0.4, 0.5) is 5.69 Å². The molecule has 1 amide bonds. The summed E-state index contributed by atoms with van der Waals surface area (Å²) in [6, 6.07) is 23.4. The number of amides is 1. The number of halogens is 1. The molecule has 3 aromatic carbocycles. The van der Waals surface area contributed by atoms with Crippen LogP contribution in [0.1, 0.15) is 24.0 Å². The van der Waals surface area contributed by atoms with Crippen molar-refractivity contribution in [3.8, 4) is 0 Å². The van der Waals surface area contributed by atoms with Crippen molar-refractivity contribution >= 4 is 44.2 Å². The number of anilines is 1. The molecule has 0 aliphatic carbocycles. The topological polar surface area (TPSA) is 69.7 Å². The van der Waals surface area contributed by atoms with E-state index in [0.29, 0.717) is 12.2 Å². The summed E-state index contributed by atoms with van der Waals surface area (Å²) in [5.41, 5.74) is 2.69. The molecule has 6 nitrogen and oxygen atoms in total. The molecule has 0 unspecified atom stereocenters. The first kappa shape index (κ1) is 24.7. The smallest absolute Gasteiger partial charge is 0.264 e. The number of carbonyl (C=O) groups is 1. The van der Waals surface area contributed by atoms with Gasteiger partial charge in [-0.25, -0.2) is 8.42 Å². The summed E-state index contributed by atoms with van der Waals surface area (Å²) in [5.74, 6) is -0.353. The van der Waals surface area contributed by atoms with E-state index in [2.05, 4.69) is 38.9 Å². The van der Waals surface area contributed by atoms with E-state index in [4.69, 9.17) is 0 Å². The second kappa shape index (κ2) is 11.3. The van der Waals surface area contributed by atoms with E-state index < -0.39 is 10.0 Å². The van der Waals surface area contributed by atoms with Gasteiger partial charge in [0.05, 0.1) is 10.6 Å². The summed E-state index contributed by atoms with van der Waals surface area (Å²) in [6.07, 6.45) is 2.45. The molecule has 0 saturated carbocycles. The average Bonchev–Trinajstić information content (AvgIpc) is 3.36. The number of rotatable bonds is 9. The molecular weight excluding hydrogens is 561 g/mol. The van der Waals surface area contributed by atoms with Crippen LogP contribution in [0, 0.1) is 3.57 Å². The van der Waals surface area contributed by atoms with Crippen LogP contribution in [-0.2, 0) is 27.9 Å². The molecule has 0 spiro atoms. The molecule has 1 saturated heterocycles. The van der Waals surface area contributed by atoms with Gasteiger partial charge in [-0.3, -0.25) is 14.0 Å². The maximum Gasteiger partial charge on any atom is 0.264 e. The van der Waals surface area contributed by atoms with E-state index in [1.54, 1.807) is 42.5 Å². The molecule has 178 valence electrons. The van der Waals surface area contributed by atoms with Crippen LogP contribution < -0.4 is 9.62 Å². The van der Waals surface area contributed by atoms with Crippen molar-refractivity contribution in [3.05, 3.63) is 93.6 Å². The Morgan fingerprint density at radius 1 is 0.882 bits per heavy atom. The molecule has 4 rings (SSSR count). The Morgan fingerprint density at radius 2 is 1.50 bits per heavy atom. The standard InChI is InChI=1S/C26H28IN3O3S/c27-23-12-14-24(15-13-23)30(34(32,33)25-10-2-1-3-11-25)20-26(31)28-18-21-8-4-5-9-22(21)19-29-16-6-7-17-29/h1-5,8-15H,6-7,16-20H2,(H,28,31). The Hall–Kier alpha value is -2.43.